The summed E-state index contributed by atoms with van der Waals surface area (Å²) in [7, 11) is 0. The first-order chi connectivity index (χ1) is 16.9. The van der Waals surface area contributed by atoms with Gasteiger partial charge in [0.1, 0.15) is 0 Å². The van der Waals surface area contributed by atoms with E-state index in [1.54, 1.807) is 12.3 Å². The van der Waals surface area contributed by atoms with Crippen molar-refractivity contribution in [3.63, 3.8) is 0 Å². The summed E-state index contributed by atoms with van der Waals surface area (Å²) in [5, 5.41) is 16.4. The second kappa shape index (κ2) is 9.47. The Morgan fingerprint density at radius 3 is 2.54 bits per heavy atom. The molecule has 2 aromatic carbocycles. The number of pyridine rings is 1. The molecule has 2 aromatic heterocycles. The molecular formula is C28H23ClFN3O2. The van der Waals surface area contributed by atoms with E-state index >= 15 is 0 Å². The molecule has 0 saturated heterocycles. The lowest BCUT2D eigenvalue weighted by Gasteiger charge is -2.31. The number of carbonyl (C=O) groups is 1. The third kappa shape index (κ3) is 4.62. The van der Waals surface area contributed by atoms with Crippen LogP contribution in [0.1, 0.15) is 47.2 Å². The smallest absolute Gasteiger partial charge is 0.328 e. The number of halogens is 2. The zero-order chi connectivity index (χ0) is 24.5. The lowest BCUT2D eigenvalue weighted by atomic mass is 9.73. The van der Waals surface area contributed by atoms with Crippen LogP contribution in [0.2, 0.25) is 5.02 Å². The van der Waals surface area contributed by atoms with Gasteiger partial charge in [-0.15, -0.1) is 0 Å². The van der Waals surface area contributed by atoms with Crippen molar-refractivity contribution in [2.24, 2.45) is 5.92 Å². The minimum atomic E-state index is -0.998. The van der Waals surface area contributed by atoms with E-state index in [2.05, 4.69) is 10.2 Å². The number of rotatable bonds is 6. The number of carboxylic acid groups (broad SMARTS) is 1. The lowest BCUT2D eigenvalue weighted by molar-refractivity contribution is -0.131. The van der Waals surface area contributed by atoms with E-state index in [-0.39, 0.29) is 0 Å². The Labute approximate surface area is 207 Å². The van der Waals surface area contributed by atoms with Crippen molar-refractivity contribution >= 4 is 45.7 Å². The molecular weight excluding hydrogens is 465 g/mol. The Kier molecular flexibility index (Phi) is 6.22. The quantitative estimate of drug-likeness (QED) is 0.289. The molecule has 1 aliphatic rings. The van der Waals surface area contributed by atoms with Crippen molar-refractivity contribution in [3.05, 3.63) is 99.7 Å². The van der Waals surface area contributed by atoms with Gasteiger partial charge in [0, 0.05) is 12.3 Å². The maximum absolute atomic E-state index is 14.4. The van der Waals surface area contributed by atoms with Gasteiger partial charge < -0.3 is 5.11 Å². The predicted molar refractivity (Wildman–Crippen MR) is 136 cm³/mol. The van der Waals surface area contributed by atoms with E-state index in [9.17, 15) is 9.18 Å². The number of carboxylic acids is 1. The van der Waals surface area contributed by atoms with Crippen LogP contribution < -0.4 is 0 Å². The molecule has 0 spiro atoms. The second-order valence-electron chi connectivity index (χ2n) is 8.80. The van der Waals surface area contributed by atoms with Crippen LogP contribution in [0.3, 0.4) is 0 Å². The Morgan fingerprint density at radius 1 is 1.14 bits per heavy atom. The molecule has 0 atom stereocenters. The molecule has 176 valence electrons. The van der Waals surface area contributed by atoms with Crippen molar-refractivity contribution in [2.45, 2.75) is 26.2 Å². The van der Waals surface area contributed by atoms with Gasteiger partial charge in [-0.3, -0.25) is 10.1 Å². The van der Waals surface area contributed by atoms with E-state index in [0.29, 0.717) is 21.8 Å². The van der Waals surface area contributed by atoms with E-state index in [1.165, 1.54) is 0 Å². The first kappa shape index (κ1) is 23.0. The van der Waals surface area contributed by atoms with Crippen LogP contribution in [0.5, 0.6) is 0 Å². The number of nitrogens with zero attached hydrogens (tertiary/aromatic N) is 2. The van der Waals surface area contributed by atoms with Gasteiger partial charge in [0.25, 0.3) is 0 Å². The van der Waals surface area contributed by atoms with E-state index in [4.69, 9.17) is 21.7 Å². The maximum Gasteiger partial charge on any atom is 0.328 e. The van der Waals surface area contributed by atoms with Gasteiger partial charge in [-0.25, -0.2) is 4.79 Å². The summed E-state index contributed by atoms with van der Waals surface area (Å²) in [4.78, 5) is 15.6. The third-order valence-electron chi connectivity index (χ3n) is 6.50. The highest BCUT2D eigenvalue weighted by Gasteiger charge is 2.29. The van der Waals surface area contributed by atoms with Crippen molar-refractivity contribution in [1.82, 2.24) is 15.2 Å². The highest BCUT2D eigenvalue weighted by molar-refractivity contribution is 6.30. The summed E-state index contributed by atoms with van der Waals surface area (Å²) >= 11 is 6.22. The maximum atomic E-state index is 14.4. The van der Waals surface area contributed by atoms with Crippen LogP contribution in [0, 0.1) is 18.8 Å². The van der Waals surface area contributed by atoms with Gasteiger partial charge in [-0.2, -0.15) is 9.49 Å². The molecule has 5 rings (SSSR count). The van der Waals surface area contributed by atoms with Crippen molar-refractivity contribution in [1.29, 1.82) is 0 Å². The molecule has 7 heteroatoms. The lowest BCUT2D eigenvalue weighted by Crippen LogP contribution is -2.16. The fraction of sp³-hybridized carbons (Fsp3) is 0.179. The number of aromatic nitrogens is 3. The van der Waals surface area contributed by atoms with Gasteiger partial charge in [-0.1, -0.05) is 48.4 Å². The first-order valence-corrected chi connectivity index (χ1v) is 11.8. The van der Waals surface area contributed by atoms with Crippen LogP contribution >= 0.6 is 11.6 Å². The summed E-state index contributed by atoms with van der Waals surface area (Å²) in [6.45, 7) is 2.00. The fourth-order valence-electron chi connectivity index (χ4n) is 4.58. The number of aliphatic carboxylic acids is 1. The molecule has 35 heavy (non-hydrogen) atoms. The van der Waals surface area contributed by atoms with Crippen molar-refractivity contribution in [3.8, 4) is 0 Å². The number of nitrogens with one attached hydrogen (secondary N) is 1. The fourth-order valence-corrected chi connectivity index (χ4v) is 4.79. The molecule has 1 saturated carbocycles. The Hall–Kier alpha value is -3.77. The average molecular weight is 488 g/mol. The number of aryl methyl sites for hydroxylation is 1. The van der Waals surface area contributed by atoms with Gasteiger partial charge in [0.2, 0.25) is 5.95 Å². The normalized spacial score (nSPS) is 14.8. The molecule has 0 unspecified atom stereocenters. The number of hydrogen-bond donors (Lipinski definition) is 2. The molecule has 0 amide bonds. The molecule has 0 aliphatic heterocycles. The molecule has 1 fully saturated rings. The van der Waals surface area contributed by atoms with Crippen LogP contribution in [0.4, 0.5) is 4.39 Å². The minimum Gasteiger partial charge on any atom is -0.478 e. The summed E-state index contributed by atoms with van der Waals surface area (Å²) in [5.74, 6) is -1.16. The summed E-state index contributed by atoms with van der Waals surface area (Å²) < 4.78 is 14.4. The largest absolute Gasteiger partial charge is 0.478 e. The van der Waals surface area contributed by atoms with Gasteiger partial charge in [0.15, 0.2) is 0 Å². The first-order valence-electron chi connectivity index (χ1n) is 11.4. The van der Waals surface area contributed by atoms with Crippen molar-refractivity contribution in [2.75, 3.05) is 0 Å². The number of fused-ring (bicyclic) bond motifs is 1. The van der Waals surface area contributed by atoms with Crippen molar-refractivity contribution < 1.29 is 14.3 Å². The van der Waals surface area contributed by atoms with Gasteiger partial charge in [-0.05, 0) is 83.4 Å². The standard InChI is InChI=1S/C28H23ClFN3O2/c1-16-13-21(29)15-31-27(16)26(18-3-2-4-18)25(19-8-5-17(6-9-19)7-12-24(34)35)20-10-11-23-22(14-20)28(30)33-32-23/h5-15,18H,2-4H2,1H3,(H,32,33)(H,34,35)/b12-7+,26-25+. The SMILES string of the molecule is Cc1cc(Cl)cnc1/C(=C(\c1ccc(/C=C/C(=O)O)cc1)c1ccc2n[nH]c(F)c2c1)C1CCC1. The number of benzene rings is 2. The Balaban J connectivity index is 1.76. The van der Waals surface area contributed by atoms with E-state index in [1.807, 2.05) is 55.5 Å². The molecule has 2 N–H and O–H groups in total. The number of hydrogen-bond acceptors (Lipinski definition) is 3. The van der Waals surface area contributed by atoms with Gasteiger partial charge >= 0.3 is 5.97 Å². The van der Waals surface area contributed by atoms with Crippen LogP contribution in [0.15, 0.2) is 60.8 Å². The molecule has 4 aromatic rings. The van der Waals surface area contributed by atoms with Gasteiger partial charge in [0.05, 0.1) is 21.6 Å². The molecule has 0 radical (unpaired) electrons. The Bertz CT molecular complexity index is 1480. The number of H-pyrrole nitrogens is 1. The minimum absolute atomic E-state index is 0.314. The Morgan fingerprint density at radius 2 is 1.89 bits per heavy atom. The molecule has 2 heterocycles. The van der Waals surface area contributed by atoms with E-state index in [0.717, 1.165) is 64.4 Å². The third-order valence-corrected chi connectivity index (χ3v) is 6.70. The number of aromatic amines is 1. The monoisotopic (exact) mass is 487 g/mol. The van der Waals surface area contributed by atoms with E-state index < -0.39 is 11.9 Å². The topological polar surface area (TPSA) is 78.9 Å². The molecule has 1 aliphatic carbocycles. The van der Waals surface area contributed by atoms with Crippen LogP contribution in [-0.4, -0.2) is 26.3 Å². The summed E-state index contributed by atoms with van der Waals surface area (Å²) in [6.07, 6.45) is 7.57. The zero-order valence-electron chi connectivity index (χ0n) is 19.1. The summed E-state index contributed by atoms with van der Waals surface area (Å²) in [5.41, 5.74) is 7.10. The summed E-state index contributed by atoms with van der Waals surface area (Å²) in [6, 6.07) is 15.2. The highest BCUT2D eigenvalue weighted by atomic mass is 35.5. The number of allylic oxidation sites excluding steroid dienone is 1. The van der Waals surface area contributed by atoms with Crippen LogP contribution in [0.25, 0.3) is 28.1 Å². The average Bonchev–Trinajstić information content (AvgIpc) is 3.17. The zero-order valence-corrected chi connectivity index (χ0v) is 19.8. The van der Waals surface area contributed by atoms with Crippen LogP contribution in [-0.2, 0) is 4.79 Å². The second-order valence-corrected chi connectivity index (χ2v) is 9.24. The molecule has 0 bridgehead atoms. The predicted octanol–water partition coefficient (Wildman–Crippen LogP) is 6.92. The highest BCUT2D eigenvalue weighted by Crippen LogP contribution is 2.45. The molecule has 5 nitrogen and oxygen atoms in total.